The van der Waals surface area contributed by atoms with Gasteiger partial charge in [-0.3, -0.25) is 4.79 Å². The van der Waals surface area contributed by atoms with Crippen LogP contribution in [0.4, 0.5) is 0 Å². The van der Waals surface area contributed by atoms with Crippen LogP contribution in [0.1, 0.15) is 66.2 Å². The van der Waals surface area contributed by atoms with E-state index in [0.29, 0.717) is 29.7 Å². The molecular weight excluding hydrogens is 444 g/mol. The molecule has 0 aromatic rings. The topological polar surface area (TPSA) is 96.4 Å². The van der Waals surface area contributed by atoms with E-state index in [1.54, 1.807) is 12.2 Å². The minimum absolute atomic E-state index is 0.0164. The van der Waals surface area contributed by atoms with Crippen LogP contribution >= 0.6 is 0 Å². The van der Waals surface area contributed by atoms with Gasteiger partial charge in [-0.25, -0.2) is 4.79 Å². The second-order valence-electron chi connectivity index (χ2n) is 13.2. The van der Waals surface area contributed by atoms with Crippen LogP contribution < -0.4 is 0 Å². The van der Waals surface area contributed by atoms with Crippen LogP contribution in [0.15, 0.2) is 23.3 Å². The van der Waals surface area contributed by atoms with E-state index in [9.17, 15) is 19.8 Å². The molecule has 5 aliphatic carbocycles. The van der Waals surface area contributed by atoms with E-state index in [4.69, 9.17) is 9.47 Å². The minimum atomic E-state index is -0.682. The largest absolute Gasteiger partial charge is 0.458 e. The standard InChI is InChI=1S/C29H38O6/c1-14-11-21(34-25(33)17(14)13-30)15(2)18-5-6-19-20-12-24-29(35-24)23(32)8-7-22(31)28(29)16(3)27(20,28)10-9-26(18,19)4/h7-8,15-16,18-21,23-24,30,32H,5-6,9-13H2,1-4H3. The number of carbonyl (C=O) groups is 2. The zero-order valence-electron chi connectivity index (χ0n) is 21.3. The molecule has 0 amide bonds. The van der Waals surface area contributed by atoms with Gasteiger partial charge in [-0.2, -0.15) is 0 Å². The van der Waals surface area contributed by atoms with Gasteiger partial charge in [-0.15, -0.1) is 0 Å². The molecule has 2 heterocycles. The summed E-state index contributed by atoms with van der Waals surface area (Å²) in [5.74, 6) is 1.72. The van der Waals surface area contributed by atoms with E-state index in [2.05, 4.69) is 20.8 Å². The van der Waals surface area contributed by atoms with Gasteiger partial charge in [0.2, 0.25) is 0 Å². The van der Waals surface area contributed by atoms with Crippen LogP contribution in [0.2, 0.25) is 0 Å². The predicted molar refractivity (Wildman–Crippen MR) is 127 cm³/mol. The first kappa shape index (κ1) is 22.7. The van der Waals surface area contributed by atoms with Crippen molar-refractivity contribution in [3.8, 4) is 0 Å². The second kappa shape index (κ2) is 6.68. The molecule has 190 valence electrons. The van der Waals surface area contributed by atoms with Gasteiger partial charge < -0.3 is 19.7 Å². The molecule has 1 saturated heterocycles. The van der Waals surface area contributed by atoms with E-state index in [1.165, 1.54) is 0 Å². The molecule has 7 rings (SSSR count). The number of hydrogen-bond acceptors (Lipinski definition) is 6. The lowest BCUT2D eigenvalue weighted by Gasteiger charge is -2.54. The maximum absolute atomic E-state index is 13.5. The summed E-state index contributed by atoms with van der Waals surface area (Å²) in [5.41, 5.74) is 0.222. The number of ketones is 1. The van der Waals surface area contributed by atoms with Crippen molar-refractivity contribution >= 4 is 11.8 Å². The Morgan fingerprint density at radius 2 is 1.97 bits per heavy atom. The fraction of sp³-hybridized carbons (Fsp3) is 0.793. The van der Waals surface area contributed by atoms with Gasteiger partial charge in [-0.1, -0.05) is 26.3 Å². The van der Waals surface area contributed by atoms with Crippen molar-refractivity contribution in [1.82, 2.24) is 0 Å². The molecule has 2 aliphatic heterocycles. The number of carbonyl (C=O) groups excluding carboxylic acids is 2. The third-order valence-corrected chi connectivity index (χ3v) is 12.8. The predicted octanol–water partition coefficient (Wildman–Crippen LogP) is 3.35. The van der Waals surface area contributed by atoms with Crippen molar-refractivity contribution < 1.29 is 29.3 Å². The molecule has 0 aromatic carbocycles. The van der Waals surface area contributed by atoms with Crippen LogP contribution in [-0.4, -0.2) is 52.5 Å². The smallest absolute Gasteiger partial charge is 0.336 e. The van der Waals surface area contributed by atoms with E-state index in [-0.39, 0.29) is 53.2 Å². The Balaban J connectivity index is 1.20. The molecule has 0 radical (unpaired) electrons. The van der Waals surface area contributed by atoms with Crippen molar-refractivity contribution in [1.29, 1.82) is 0 Å². The molecule has 6 nitrogen and oxygen atoms in total. The van der Waals surface area contributed by atoms with Crippen molar-refractivity contribution in [2.24, 2.45) is 45.8 Å². The van der Waals surface area contributed by atoms with Gasteiger partial charge in [-0.05, 0) is 91.6 Å². The number of esters is 1. The Morgan fingerprint density at radius 1 is 1.20 bits per heavy atom. The number of cyclic esters (lactones) is 1. The molecule has 2 N–H and O–H groups in total. The number of ether oxygens (including phenoxy) is 2. The SMILES string of the molecule is CC1=C(CO)C(=O)OC(C(C)C2CCC3C4CC5OC56C(O)C=CC(=O)C65C(C)C45CCC23C)C1. The fourth-order valence-electron chi connectivity index (χ4n) is 11.3. The van der Waals surface area contributed by atoms with Crippen molar-refractivity contribution in [3.63, 3.8) is 0 Å². The molecule has 3 spiro atoms. The van der Waals surface area contributed by atoms with Crippen LogP contribution in [0.3, 0.4) is 0 Å². The number of aliphatic hydroxyl groups is 2. The van der Waals surface area contributed by atoms with E-state index in [0.717, 1.165) is 37.7 Å². The number of fused-ring (bicyclic) bond motifs is 2. The van der Waals surface area contributed by atoms with E-state index < -0.39 is 17.1 Å². The highest BCUT2D eigenvalue weighted by atomic mass is 16.6. The highest BCUT2D eigenvalue weighted by molar-refractivity contribution is 6.02. The third-order valence-electron chi connectivity index (χ3n) is 12.8. The summed E-state index contributed by atoms with van der Waals surface area (Å²) < 4.78 is 12.2. The minimum Gasteiger partial charge on any atom is -0.458 e. The number of allylic oxidation sites excluding steroid dienone is 1. The average molecular weight is 483 g/mol. The van der Waals surface area contributed by atoms with Gasteiger partial charge in [0, 0.05) is 6.42 Å². The van der Waals surface area contributed by atoms with Gasteiger partial charge in [0.25, 0.3) is 0 Å². The molecule has 7 aliphatic rings. The maximum atomic E-state index is 13.5. The van der Waals surface area contributed by atoms with Gasteiger partial charge in [0.15, 0.2) is 5.78 Å². The summed E-state index contributed by atoms with van der Waals surface area (Å²) in [4.78, 5) is 26.1. The molecule has 0 aromatic heterocycles. The zero-order valence-corrected chi connectivity index (χ0v) is 21.3. The molecule has 12 unspecified atom stereocenters. The Bertz CT molecular complexity index is 1090. The highest BCUT2D eigenvalue weighted by Crippen LogP contribution is 2.91. The first-order chi connectivity index (χ1) is 16.6. The van der Waals surface area contributed by atoms with Crippen LogP contribution in [0, 0.1) is 45.8 Å². The lowest BCUT2D eigenvalue weighted by atomic mass is 9.49. The van der Waals surface area contributed by atoms with Crippen LogP contribution in [0.5, 0.6) is 0 Å². The van der Waals surface area contributed by atoms with Gasteiger partial charge >= 0.3 is 5.97 Å². The van der Waals surface area contributed by atoms with Crippen LogP contribution in [0.25, 0.3) is 0 Å². The summed E-state index contributed by atoms with van der Waals surface area (Å²) in [5, 5.41) is 20.5. The van der Waals surface area contributed by atoms with Crippen LogP contribution in [-0.2, 0) is 19.1 Å². The maximum Gasteiger partial charge on any atom is 0.336 e. The Morgan fingerprint density at radius 3 is 2.69 bits per heavy atom. The molecule has 12 atom stereocenters. The Kier molecular flexibility index (Phi) is 4.33. The fourth-order valence-corrected chi connectivity index (χ4v) is 11.3. The van der Waals surface area contributed by atoms with E-state index in [1.807, 2.05) is 6.92 Å². The second-order valence-corrected chi connectivity index (χ2v) is 13.2. The first-order valence-electron chi connectivity index (χ1n) is 13.7. The van der Waals surface area contributed by atoms with Crippen molar-refractivity contribution in [3.05, 3.63) is 23.3 Å². The lowest BCUT2D eigenvalue weighted by Crippen LogP contribution is -2.57. The summed E-state index contributed by atoms with van der Waals surface area (Å²) in [6.07, 6.45) is 8.45. The third kappa shape index (κ3) is 2.23. The number of hydrogen-bond donors (Lipinski definition) is 2. The van der Waals surface area contributed by atoms with Gasteiger partial charge in [0.1, 0.15) is 17.8 Å². The highest BCUT2D eigenvalue weighted by Gasteiger charge is 2.97. The normalized spacial score (nSPS) is 56.3. The lowest BCUT2D eigenvalue weighted by molar-refractivity contribution is -0.152. The van der Waals surface area contributed by atoms with E-state index >= 15 is 0 Å². The van der Waals surface area contributed by atoms with Crippen molar-refractivity contribution in [2.75, 3.05) is 6.61 Å². The zero-order chi connectivity index (χ0) is 24.7. The molecular formula is C29H38O6. The summed E-state index contributed by atoms with van der Waals surface area (Å²) in [7, 11) is 0. The molecule has 6 heteroatoms. The monoisotopic (exact) mass is 482 g/mol. The average Bonchev–Trinajstić information content (AvgIpc) is 3.63. The Labute approximate surface area is 207 Å². The summed E-state index contributed by atoms with van der Waals surface area (Å²) >= 11 is 0. The first-order valence-corrected chi connectivity index (χ1v) is 13.7. The summed E-state index contributed by atoms with van der Waals surface area (Å²) in [6.45, 7) is 8.64. The Hall–Kier alpha value is -1.50. The number of epoxide rings is 1. The quantitative estimate of drug-likeness (QED) is 0.473. The molecule has 35 heavy (non-hydrogen) atoms. The van der Waals surface area contributed by atoms with Crippen molar-refractivity contribution in [2.45, 2.75) is 90.1 Å². The summed E-state index contributed by atoms with van der Waals surface area (Å²) in [6, 6.07) is 0. The number of aliphatic hydroxyl groups excluding tert-OH is 2. The molecule has 0 bridgehead atoms. The number of rotatable bonds is 3. The molecule has 4 saturated carbocycles. The molecule has 5 fully saturated rings. The van der Waals surface area contributed by atoms with Gasteiger partial charge in [0.05, 0.1) is 23.7 Å².